The number of hydrogen-bond donors (Lipinski definition) is 1. The van der Waals surface area contributed by atoms with Crippen LogP contribution in [0.5, 0.6) is 0 Å². The van der Waals surface area contributed by atoms with Crippen molar-refractivity contribution in [1.82, 2.24) is 4.90 Å². The van der Waals surface area contributed by atoms with Crippen LogP contribution >= 0.6 is 0 Å². The molecule has 1 atom stereocenters. The summed E-state index contributed by atoms with van der Waals surface area (Å²) >= 11 is 0. The Hall–Kier alpha value is -1.32. The third-order valence-electron chi connectivity index (χ3n) is 2.90. The Kier molecular flexibility index (Phi) is 3.17. The van der Waals surface area contributed by atoms with Gasteiger partial charge in [-0.3, -0.25) is 9.59 Å². The van der Waals surface area contributed by atoms with Crippen molar-refractivity contribution in [2.75, 3.05) is 14.1 Å². The summed E-state index contributed by atoms with van der Waals surface area (Å²) in [5.41, 5.74) is -0.737. The quantitative estimate of drug-likeness (QED) is 0.748. The van der Waals surface area contributed by atoms with Crippen LogP contribution in [0.15, 0.2) is 11.8 Å². The monoisotopic (exact) mass is 211 g/mol. The van der Waals surface area contributed by atoms with E-state index in [1.807, 2.05) is 6.92 Å². The van der Waals surface area contributed by atoms with Crippen LogP contribution in [0.4, 0.5) is 0 Å². The van der Waals surface area contributed by atoms with Crippen molar-refractivity contribution in [3.8, 4) is 0 Å². The molecule has 0 heterocycles. The summed E-state index contributed by atoms with van der Waals surface area (Å²) in [4.78, 5) is 24.8. The highest BCUT2D eigenvalue weighted by Crippen LogP contribution is 2.38. The van der Waals surface area contributed by atoms with Crippen LogP contribution in [-0.4, -0.2) is 35.8 Å². The van der Waals surface area contributed by atoms with E-state index in [1.165, 1.54) is 11.0 Å². The van der Waals surface area contributed by atoms with Crippen molar-refractivity contribution in [2.45, 2.75) is 26.2 Å². The van der Waals surface area contributed by atoms with E-state index in [0.717, 1.165) is 0 Å². The number of aliphatic hydroxyl groups excluding tert-OH is 1. The van der Waals surface area contributed by atoms with E-state index in [4.69, 9.17) is 0 Å². The topological polar surface area (TPSA) is 57.6 Å². The largest absolute Gasteiger partial charge is 0.512 e. The smallest absolute Gasteiger partial charge is 0.229 e. The van der Waals surface area contributed by atoms with Gasteiger partial charge in [-0.2, -0.15) is 0 Å². The minimum absolute atomic E-state index is 0.0169. The molecule has 0 aromatic heterocycles. The lowest BCUT2D eigenvalue weighted by molar-refractivity contribution is -0.143. The van der Waals surface area contributed by atoms with Crippen LogP contribution in [-0.2, 0) is 9.59 Å². The molecule has 1 aliphatic rings. The van der Waals surface area contributed by atoms with Gasteiger partial charge in [0.2, 0.25) is 5.91 Å². The average molecular weight is 211 g/mol. The Labute approximate surface area is 89.6 Å². The molecule has 0 saturated carbocycles. The zero-order valence-electron chi connectivity index (χ0n) is 9.41. The van der Waals surface area contributed by atoms with E-state index >= 15 is 0 Å². The van der Waals surface area contributed by atoms with Gasteiger partial charge in [-0.25, -0.2) is 0 Å². The van der Waals surface area contributed by atoms with Gasteiger partial charge in [-0.1, -0.05) is 6.92 Å². The summed E-state index contributed by atoms with van der Waals surface area (Å²) in [6.45, 7) is 1.87. The fourth-order valence-electron chi connectivity index (χ4n) is 2.06. The Morgan fingerprint density at radius 1 is 1.53 bits per heavy atom. The Balaban J connectivity index is 3.02. The van der Waals surface area contributed by atoms with Crippen LogP contribution in [0.25, 0.3) is 0 Å². The van der Waals surface area contributed by atoms with Gasteiger partial charge in [-0.15, -0.1) is 0 Å². The molecule has 0 saturated heterocycles. The first-order valence-electron chi connectivity index (χ1n) is 5.05. The van der Waals surface area contributed by atoms with Gasteiger partial charge in [0.25, 0.3) is 0 Å². The molecule has 15 heavy (non-hydrogen) atoms. The van der Waals surface area contributed by atoms with Gasteiger partial charge >= 0.3 is 0 Å². The van der Waals surface area contributed by atoms with Crippen molar-refractivity contribution in [3.05, 3.63) is 11.8 Å². The van der Waals surface area contributed by atoms with Crippen molar-refractivity contribution < 1.29 is 14.7 Å². The van der Waals surface area contributed by atoms with Crippen LogP contribution in [0.1, 0.15) is 26.2 Å². The second-order valence-electron chi connectivity index (χ2n) is 4.29. The summed E-state index contributed by atoms with van der Waals surface area (Å²) in [5, 5.41) is 9.45. The number of ketones is 1. The third-order valence-corrected chi connectivity index (χ3v) is 2.90. The first-order chi connectivity index (χ1) is 6.91. The molecule has 1 unspecified atom stereocenters. The molecule has 0 bridgehead atoms. The standard InChI is InChI=1S/C11H17NO3/c1-4-11(10(15)12(2)3)6-8(13)5-9(14)7-11/h5,13H,4,6-7H2,1-3H3. The van der Waals surface area contributed by atoms with Gasteiger partial charge in [0.05, 0.1) is 11.2 Å². The molecule has 84 valence electrons. The summed E-state index contributed by atoms with van der Waals surface area (Å²) in [7, 11) is 3.33. The molecule has 0 fully saturated rings. The lowest BCUT2D eigenvalue weighted by Gasteiger charge is -2.34. The molecule has 0 aromatic carbocycles. The van der Waals surface area contributed by atoms with Gasteiger partial charge in [0.1, 0.15) is 0 Å². The summed E-state index contributed by atoms with van der Waals surface area (Å²) < 4.78 is 0. The second-order valence-corrected chi connectivity index (χ2v) is 4.29. The number of hydrogen-bond acceptors (Lipinski definition) is 3. The van der Waals surface area contributed by atoms with Crippen LogP contribution < -0.4 is 0 Å². The number of carbonyl (C=O) groups excluding carboxylic acids is 2. The Bertz CT molecular complexity index is 320. The molecule has 1 aliphatic carbocycles. The predicted molar refractivity (Wildman–Crippen MR) is 56.4 cm³/mol. The Morgan fingerprint density at radius 3 is 2.53 bits per heavy atom. The zero-order valence-corrected chi connectivity index (χ0v) is 9.41. The molecular weight excluding hydrogens is 194 g/mol. The molecule has 1 N–H and O–H groups in total. The molecule has 4 nitrogen and oxygen atoms in total. The normalized spacial score (nSPS) is 26.1. The van der Waals surface area contributed by atoms with Crippen LogP contribution in [0.2, 0.25) is 0 Å². The molecule has 0 radical (unpaired) electrons. The number of rotatable bonds is 2. The first kappa shape index (κ1) is 11.8. The van der Waals surface area contributed by atoms with Crippen molar-refractivity contribution >= 4 is 11.7 Å². The summed E-state index contributed by atoms with van der Waals surface area (Å²) in [5.74, 6) is -0.239. The van der Waals surface area contributed by atoms with E-state index in [9.17, 15) is 14.7 Å². The van der Waals surface area contributed by atoms with Gasteiger partial charge in [0, 0.05) is 33.0 Å². The van der Waals surface area contributed by atoms with E-state index < -0.39 is 5.41 Å². The molecule has 1 amide bonds. The average Bonchev–Trinajstić information content (AvgIpc) is 2.14. The summed E-state index contributed by atoms with van der Waals surface area (Å²) in [6, 6.07) is 0. The zero-order chi connectivity index (χ0) is 11.6. The van der Waals surface area contributed by atoms with Crippen molar-refractivity contribution in [3.63, 3.8) is 0 Å². The lowest BCUT2D eigenvalue weighted by atomic mass is 9.73. The highest BCUT2D eigenvalue weighted by Gasteiger charge is 2.42. The fourth-order valence-corrected chi connectivity index (χ4v) is 2.06. The van der Waals surface area contributed by atoms with Gasteiger partial charge < -0.3 is 10.0 Å². The second kappa shape index (κ2) is 4.04. The molecule has 0 spiro atoms. The molecule has 0 aliphatic heterocycles. The number of allylic oxidation sites excluding steroid dienone is 2. The minimum Gasteiger partial charge on any atom is -0.512 e. The van der Waals surface area contributed by atoms with E-state index in [0.29, 0.717) is 6.42 Å². The van der Waals surface area contributed by atoms with Crippen molar-refractivity contribution in [2.24, 2.45) is 5.41 Å². The maximum absolute atomic E-state index is 12.0. The van der Waals surface area contributed by atoms with E-state index in [-0.39, 0.29) is 30.3 Å². The molecule has 1 rings (SSSR count). The van der Waals surface area contributed by atoms with Crippen LogP contribution in [0.3, 0.4) is 0 Å². The molecule has 4 heteroatoms. The first-order valence-corrected chi connectivity index (χ1v) is 5.05. The van der Waals surface area contributed by atoms with E-state index in [1.54, 1.807) is 14.1 Å². The fraction of sp³-hybridized carbons (Fsp3) is 0.636. The summed E-state index contributed by atoms with van der Waals surface area (Å²) in [6.07, 6.45) is 2.25. The molecule has 0 aromatic rings. The maximum Gasteiger partial charge on any atom is 0.229 e. The van der Waals surface area contributed by atoms with Crippen LogP contribution in [0, 0.1) is 5.41 Å². The highest BCUT2D eigenvalue weighted by atomic mass is 16.3. The van der Waals surface area contributed by atoms with Gasteiger partial charge in [0.15, 0.2) is 5.78 Å². The van der Waals surface area contributed by atoms with E-state index in [2.05, 4.69) is 0 Å². The minimum atomic E-state index is -0.737. The number of carbonyl (C=O) groups is 2. The third kappa shape index (κ3) is 2.19. The maximum atomic E-state index is 12.0. The Morgan fingerprint density at radius 2 is 2.13 bits per heavy atom. The van der Waals surface area contributed by atoms with Gasteiger partial charge in [-0.05, 0) is 6.42 Å². The predicted octanol–water partition coefficient (Wildman–Crippen LogP) is 1.28. The SMILES string of the molecule is CCC1(C(=O)N(C)C)CC(=O)C=C(O)C1. The molecular formula is C11H17NO3. The van der Waals surface area contributed by atoms with Crippen molar-refractivity contribution in [1.29, 1.82) is 0 Å². The number of aliphatic hydroxyl groups is 1. The highest BCUT2D eigenvalue weighted by molar-refractivity contribution is 5.97. The lowest BCUT2D eigenvalue weighted by Crippen LogP contribution is -2.43. The number of amides is 1. The number of nitrogens with zero attached hydrogens (tertiary/aromatic N) is 1.